The van der Waals surface area contributed by atoms with Crippen LogP contribution in [0, 0.1) is 5.82 Å². The minimum Gasteiger partial charge on any atom is -0.401 e. The van der Waals surface area contributed by atoms with Crippen LogP contribution >= 0.6 is 11.6 Å². The lowest BCUT2D eigenvalue weighted by Gasteiger charge is -2.23. The second-order valence-corrected chi connectivity index (χ2v) is 9.65. The van der Waals surface area contributed by atoms with Crippen LogP contribution in [0.3, 0.4) is 0 Å². The molecule has 214 valence electrons. The highest BCUT2D eigenvalue weighted by molar-refractivity contribution is 6.34. The fourth-order valence-corrected chi connectivity index (χ4v) is 4.48. The molecule has 1 aliphatic carbocycles. The minimum absolute atomic E-state index is 0.0101. The van der Waals surface area contributed by atoms with Gasteiger partial charge in [0.15, 0.2) is 11.9 Å². The molecule has 0 saturated heterocycles. The van der Waals surface area contributed by atoms with Gasteiger partial charge in [-0.25, -0.2) is 9.37 Å². The molecule has 1 aliphatic rings. The number of nitrogens with one attached hydrogen (secondary N) is 2. The van der Waals surface area contributed by atoms with Crippen LogP contribution in [0.15, 0.2) is 42.6 Å². The number of carbonyl (C=O) groups is 2. The monoisotopic (exact) mass is 591 g/mol. The molecule has 1 atom stereocenters. The molecule has 2 amide bonds. The first kappa shape index (κ1) is 29.2. The van der Waals surface area contributed by atoms with Gasteiger partial charge in [-0.3, -0.25) is 9.59 Å². The van der Waals surface area contributed by atoms with Crippen molar-refractivity contribution in [1.29, 1.82) is 0 Å². The zero-order valence-corrected chi connectivity index (χ0v) is 21.4. The maximum absolute atomic E-state index is 13.9. The summed E-state index contributed by atoms with van der Waals surface area (Å²) in [6.45, 7) is 5.25. The molecule has 2 aromatic carbocycles. The number of aromatic nitrogens is 2. The summed E-state index contributed by atoms with van der Waals surface area (Å²) in [5.74, 6) is -4.28. The number of amides is 2. The molecule has 0 bridgehead atoms. The number of aryl methyl sites for hydroxylation is 1. The van der Waals surface area contributed by atoms with Gasteiger partial charge in [0.1, 0.15) is 5.82 Å². The molecule has 1 aromatic heterocycles. The highest BCUT2D eigenvalue weighted by Gasteiger charge is 2.46. The van der Waals surface area contributed by atoms with E-state index >= 15 is 0 Å². The normalized spacial score (nSPS) is 15.5. The van der Waals surface area contributed by atoms with Gasteiger partial charge in [-0.2, -0.15) is 26.3 Å². The molecule has 1 heterocycles. The number of benzene rings is 2. The van der Waals surface area contributed by atoms with Gasteiger partial charge in [-0.05, 0) is 49.6 Å². The van der Waals surface area contributed by atoms with Crippen LogP contribution in [-0.2, 0) is 12.7 Å². The summed E-state index contributed by atoms with van der Waals surface area (Å²) < 4.78 is 95.9. The Balaban J connectivity index is 1.70. The van der Waals surface area contributed by atoms with Crippen LogP contribution in [0.1, 0.15) is 57.9 Å². The number of halogens is 8. The molecule has 1 saturated carbocycles. The Hall–Kier alpha value is -3.81. The van der Waals surface area contributed by atoms with E-state index in [1.807, 2.05) is 0 Å². The zero-order chi connectivity index (χ0) is 29.8. The first-order chi connectivity index (χ1) is 18.5. The summed E-state index contributed by atoms with van der Waals surface area (Å²) in [6, 6.07) is 0.374. The van der Waals surface area contributed by atoms with Gasteiger partial charge in [0, 0.05) is 12.2 Å². The van der Waals surface area contributed by atoms with E-state index < -0.39 is 58.5 Å². The number of hydrogen-bond acceptors (Lipinski definition) is 4. The number of hydrogen-bond donors (Lipinski definition) is 3. The Morgan fingerprint density at radius 2 is 1.80 bits per heavy atom. The summed E-state index contributed by atoms with van der Waals surface area (Å²) in [7, 11) is 0. The van der Waals surface area contributed by atoms with Crippen molar-refractivity contribution in [2.24, 2.45) is 5.73 Å². The third-order valence-electron chi connectivity index (χ3n) is 6.55. The average Bonchev–Trinajstić information content (AvgIpc) is 3.54. The van der Waals surface area contributed by atoms with Crippen molar-refractivity contribution in [3.63, 3.8) is 0 Å². The molecule has 0 spiro atoms. The largest absolute Gasteiger partial charge is 0.419 e. The van der Waals surface area contributed by atoms with Gasteiger partial charge in [0.2, 0.25) is 0 Å². The van der Waals surface area contributed by atoms with E-state index in [0.29, 0.717) is 18.9 Å². The highest BCUT2D eigenvalue weighted by Crippen LogP contribution is 2.40. The van der Waals surface area contributed by atoms with E-state index in [-0.39, 0.29) is 46.0 Å². The zero-order valence-electron chi connectivity index (χ0n) is 20.6. The Labute approximate surface area is 227 Å². The van der Waals surface area contributed by atoms with Crippen LogP contribution in [-0.4, -0.2) is 33.1 Å². The topological polar surface area (TPSA) is 102 Å². The van der Waals surface area contributed by atoms with Gasteiger partial charge >= 0.3 is 12.4 Å². The molecule has 40 heavy (non-hydrogen) atoms. The first-order valence-corrected chi connectivity index (χ1v) is 12.1. The third-order valence-corrected chi connectivity index (χ3v) is 6.86. The Morgan fingerprint density at radius 3 is 2.33 bits per heavy atom. The SMILES string of the molecule is C=C(N)C1(NC(=O)c2cc3nc(C(=O)NC(c4ccc(F)c(C(F)(F)F)c4)C(F)(F)F)n(CC)c3cc2Cl)CC1. The molecule has 3 aromatic rings. The maximum atomic E-state index is 13.9. The van der Waals surface area contributed by atoms with E-state index in [1.54, 1.807) is 12.2 Å². The third kappa shape index (κ3) is 5.44. The van der Waals surface area contributed by atoms with Gasteiger partial charge in [0.25, 0.3) is 11.8 Å². The summed E-state index contributed by atoms with van der Waals surface area (Å²) >= 11 is 6.31. The molecule has 4 N–H and O–H groups in total. The van der Waals surface area contributed by atoms with Crippen LogP contribution in [0.5, 0.6) is 0 Å². The first-order valence-electron chi connectivity index (χ1n) is 11.7. The minimum atomic E-state index is -5.27. The summed E-state index contributed by atoms with van der Waals surface area (Å²) in [5.41, 5.74) is 2.51. The van der Waals surface area contributed by atoms with E-state index in [2.05, 4.69) is 16.9 Å². The molecular weight excluding hydrogens is 571 g/mol. The lowest BCUT2D eigenvalue weighted by Crippen LogP contribution is -2.40. The lowest BCUT2D eigenvalue weighted by molar-refractivity contribution is -0.156. The van der Waals surface area contributed by atoms with E-state index in [4.69, 9.17) is 17.3 Å². The van der Waals surface area contributed by atoms with Crippen molar-refractivity contribution in [3.05, 3.63) is 76.0 Å². The molecule has 1 fully saturated rings. The molecule has 15 heteroatoms. The number of fused-ring (bicyclic) bond motifs is 1. The van der Waals surface area contributed by atoms with Gasteiger partial charge in [0.05, 0.1) is 32.7 Å². The number of rotatable bonds is 7. The average molecular weight is 592 g/mol. The van der Waals surface area contributed by atoms with Gasteiger partial charge < -0.3 is 20.9 Å². The van der Waals surface area contributed by atoms with Crippen LogP contribution in [0.25, 0.3) is 11.0 Å². The molecule has 0 aliphatic heterocycles. The molecule has 0 radical (unpaired) electrons. The predicted octanol–water partition coefficient (Wildman–Crippen LogP) is 5.64. The summed E-state index contributed by atoms with van der Waals surface area (Å²) in [4.78, 5) is 30.0. The van der Waals surface area contributed by atoms with Crippen molar-refractivity contribution in [2.45, 2.75) is 50.2 Å². The van der Waals surface area contributed by atoms with Crippen molar-refractivity contribution < 1.29 is 40.3 Å². The van der Waals surface area contributed by atoms with Crippen molar-refractivity contribution in [2.75, 3.05) is 0 Å². The van der Waals surface area contributed by atoms with Gasteiger partial charge in [-0.1, -0.05) is 24.2 Å². The Kier molecular flexibility index (Phi) is 7.28. The fraction of sp³-hybridized carbons (Fsp3) is 0.320. The van der Waals surface area contributed by atoms with Crippen LogP contribution < -0.4 is 16.4 Å². The quantitative estimate of drug-likeness (QED) is 0.310. The lowest BCUT2D eigenvalue weighted by atomic mass is 10.0. The number of carbonyl (C=O) groups excluding carboxylic acids is 2. The van der Waals surface area contributed by atoms with Gasteiger partial charge in [-0.15, -0.1) is 0 Å². The molecular formula is C25H21ClF7N5O2. The molecule has 1 unspecified atom stereocenters. The summed E-state index contributed by atoms with van der Waals surface area (Å²) in [6.07, 6.45) is -9.38. The summed E-state index contributed by atoms with van der Waals surface area (Å²) in [5, 5.41) is 4.35. The second kappa shape index (κ2) is 9.98. The van der Waals surface area contributed by atoms with E-state index in [0.717, 1.165) is 0 Å². The van der Waals surface area contributed by atoms with E-state index in [9.17, 15) is 40.3 Å². The Bertz CT molecular complexity index is 1530. The second-order valence-electron chi connectivity index (χ2n) is 9.25. The van der Waals surface area contributed by atoms with Crippen LogP contribution in [0.2, 0.25) is 5.02 Å². The van der Waals surface area contributed by atoms with Crippen LogP contribution in [0.4, 0.5) is 30.7 Å². The molecule has 7 nitrogen and oxygen atoms in total. The fourth-order valence-electron chi connectivity index (χ4n) is 4.24. The number of imidazole rings is 1. The van der Waals surface area contributed by atoms with E-state index in [1.165, 1.54) is 16.7 Å². The number of nitrogens with zero attached hydrogens (tertiary/aromatic N) is 2. The number of nitrogens with two attached hydrogens (primary N) is 1. The maximum Gasteiger partial charge on any atom is 0.419 e. The Morgan fingerprint density at radius 1 is 1.15 bits per heavy atom. The smallest absolute Gasteiger partial charge is 0.401 e. The predicted molar refractivity (Wildman–Crippen MR) is 131 cm³/mol. The molecule has 4 rings (SSSR count). The highest BCUT2D eigenvalue weighted by atomic mass is 35.5. The number of alkyl halides is 6. The van der Waals surface area contributed by atoms with Crippen molar-refractivity contribution >= 4 is 34.4 Å². The van der Waals surface area contributed by atoms with Crippen molar-refractivity contribution in [1.82, 2.24) is 20.2 Å². The standard InChI is InChI=1S/C25H21ClF7N5O2/c1-3-38-18-10-15(26)13(21(39)37-23(6-7-23)11(2)34)9-17(18)35-20(38)22(40)36-19(25(31,32)33)12-4-5-16(27)14(8-12)24(28,29)30/h4-5,8-10,19H,2-3,6-7,34H2,1H3,(H,36,40)(H,37,39). The van der Waals surface area contributed by atoms with Crippen molar-refractivity contribution in [3.8, 4) is 0 Å².